The Kier molecular flexibility index (Phi) is 41.1. The predicted octanol–water partition coefficient (Wildman–Crippen LogP) is 11.9. The van der Waals surface area contributed by atoms with Crippen LogP contribution in [0.5, 0.6) is 0 Å². The fourth-order valence-electron chi connectivity index (χ4n) is 6.42. The number of ether oxygens (including phenoxy) is 1. The first kappa shape index (κ1) is 55.3. The average Bonchev–Trinajstić information content (AvgIpc) is 3.22. The molecule has 0 aromatic heterocycles. The van der Waals surface area contributed by atoms with Crippen LogP contribution in [0.4, 0.5) is 0 Å². The van der Waals surface area contributed by atoms with Gasteiger partial charge in [-0.2, -0.15) is 0 Å². The summed E-state index contributed by atoms with van der Waals surface area (Å²) in [5, 5.41) is 22.6. The summed E-state index contributed by atoms with van der Waals surface area (Å²) in [6, 6.07) is -1.39. The van der Waals surface area contributed by atoms with Gasteiger partial charge in [-0.1, -0.05) is 164 Å². The molecule has 9 heteroatoms. The molecule has 4 N–H and O–H groups in total. The minimum Gasteiger partial charge on any atom is -0.480 e. The van der Waals surface area contributed by atoms with E-state index in [1.165, 1.54) is 44.9 Å². The summed E-state index contributed by atoms with van der Waals surface area (Å²) < 4.78 is 6.01. The predicted molar refractivity (Wildman–Crippen MR) is 245 cm³/mol. The maximum Gasteiger partial charge on any atom is 0.328 e. The van der Waals surface area contributed by atoms with Crippen LogP contribution in [0.3, 0.4) is 0 Å². The summed E-state index contributed by atoms with van der Waals surface area (Å²) in [5.41, 5.74) is 0. The Labute approximate surface area is 359 Å². The smallest absolute Gasteiger partial charge is 0.328 e. The van der Waals surface area contributed by atoms with Crippen LogP contribution in [-0.2, 0) is 23.9 Å². The maximum atomic E-state index is 12.8. The van der Waals surface area contributed by atoms with Crippen molar-refractivity contribution in [3.05, 3.63) is 72.9 Å². The Morgan fingerprint density at radius 1 is 0.525 bits per heavy atom. The number of aliphatic carboxylic acids is 1. The van der Waals surface area contributed by atoms with Crippen molar-refractivity contribution in [3.63, 3.8) is 0 Å². The Balaban J connectivity index is 4.22. The van der Waals surface area contributed by atoms with E-state index in [-0.39, 0.29) is 30.9 Å². The van der Waals surface area contributed by atoms with Crippen molar-refractivity contribution in [2.24, 2.45) is 0 Å². The second kappa shape index (κ2) is 43.8. The molecular formula is C50H84N2O7. The number of allylic oxidation sites excluding steroid dienone is 12. The molecule has 0 aliphatic rings. The van der Waals surface area contributed by atoms with E-state index in [1.54, 1.807) is 0 Å². The average molecular weight is 825 g/mol. The highest BCUT2D eigenvalue weighted by molar-refractivity contribution is 5.87. The quantitative estimate of drug-likeness (QED) is 0.0273. The molecule has 0 aromatic rings. The van der Waals surface area contributed by atoms with Gasteiger partial charge in [0.05, 0.1) is 13.2 Å². The van der Waals surface area contributed by atoms with Gasteiger partial charge in [0.15, 0.2) is 0 Å². The molecule has 59 heavy (non-hydrogen) atoms. The normalized spacial score (nSPS) is 13.1. The molecule has 0 saturated heterocycles. The number of carbonyl (C=O) groups is 4. The van der Waals surface area contributed by atoms with Crippen LogP contribution in [-0.4, -0.2) is 59.3 Å². The van der Waals surface area contributed by atoms with Crippen LogP contribution in [0.15, 0.2) is 72.9 Å². The number of nitrogens with one attached hydrogen (secondary N) is 2. The van der Waals surface area contributed by atoms with Crippen LogP contribution < -0.4 is 10.6 Å². The summed E-state index contributed by atoms with van der Waals surface area (Å²) in [4.78, 5) is 47.6. The van der Waals surface area contributed by atoms with Gasteiger partial charge in [-0.05, 0) is 89.9 Å². The Morgan fingerprint density at radius 3 is 1.46 bits per heavy atom. The van der Waals surface area contributed by atoms with Crippen molar-refractivity contribution in [3.8, 4) is 0 Å². The van der Waals surface area contributed by atoms with E-state index < -0.39 is 24.5 Å². The molecule has 9 nitrogen and oxygen atoms in total. The minimum absolute atomic E-state index is 0.0285. The molecule has 0 bridgehead atoms. The zero-order chi connectivity index (χ0) is 43.3. The van der Waals surface area contributed by atoms with E-state index >= 15 is 0 Å². The van der Waals surface area contributed by atoms with Gasteiger partial charge < -0.3 is 25.6 Å². The van der Waals surface area contributed by atoms with Crippen molar-refractivity contribution in [2.75, 3.05) is 13.2 Å². The highest BCUT2D eigenvalue weighted by atomic mass is 16.5. The van der Waals surface area contributed by atoms with Gasteiger partial charge in [-0.15, -0.1) is 0 Å². The molecular weight excluding hydrogens is 741 g/mol. The fourth-order valence-corrected chi connectivity index (χ4v) is 6.42. The van der Waals surface area contributed by atoms with Gasteiger partial charge >= 0.3 is 11.9 Å². The van der Waals surface area contributed by atoms with E-state index in [0.29, 0.717) is 12.8 Å². The van der Waals surface area contributed by atoms with Crippen LogP contribution in [0, 0.1) is 0 Å². The lowest BCUT2D eigenvalue weighted by atomic mass is 10.0. The fraction of sp³-hybridized carbons (Fsp3) is 0.680. The number of aliphatic hydroxyl groups excluding tert-OH is 1. The van der Waals surface area contributed by atoms with Gasteiger partial charge in [-0.3, -0.25) is 14.4 Å². The molecule has 0 aliphatic carbocycles. The van der Waals surface area contributed by atoms with E-state index in [0.717, 1.165) is 116 Å². The van der Waals surface area contributed by atoms with Crippen molar-refractivity contribution < 1.29 is 34.1 Å². The lowest BCUT2D eigenvalue weighted by Gasteiger charge is -2.18. The monoisotopic (exact) mass is 825 g/mol. The van der Waals surface area contributed by atoms with E-state index in [4.69, 9.17) is 14.9 Å². The maximum absolute atomic E-state index is 12.8. The van der Waals surface area contributed by atoms with Crippen molar-refractivity contribution in [1.29, 1.82) is 0 Å². The van der Waals surface area contributed by atoms with Crippen LogP contribution in [0.25, 0.3) is 0 Å². The summed E-state index contributed by atoms with van der Waals surface area (Å²) in [6.07, 6.45) is 55.1. The third-order valence-corrected chi connectivity index (χ3v) is 9.97. The summed E-state index contributed by atoms with van der Waals surface area (Å²) >= 11 is 0. The standard InChI is InChI=1S/C50H84N2O7/c1-3-5-7-9-11-13-14-15-16-17-18-19-20-21-22-23-24-25-26-27-29-34-38-42-49(56)59-45(39-35-31-28-12-10-8-6-4-2)40-36-32-30-33-37-41-47(54)51-43-48(55)52-46(44-53)50(57)58/h5,7,11,13,15-16,18-19,21-22,24-25,45-46,53H,3-4,6,8-10,12,14,17,20,23,26-44H2,1-2H3,(H,51,54)(H,52,55)(H,57,58)/b7-5-,13-11-,16-15-,19-18-,22-21-,25-24-. The first-order valence-electron chi connectivity index (χ1n) is 23.3. The molecule has 2 unspecified atom stereocenters. The van der Waals surface area contributed by atoms with Gasteiger partial charge in [0, 0.05) is 12.8 Å². The van der Waals surface area contributed by atoms with Gasteiger partial charge in [-0.25, -0.2) is 4.79 Å². The third-order valence-electron chi connectivity index (χ3n) is 9.97. The molecule has 0 aliphatic heterocycles. The van der Waals surface area contributed by atoms with Gasteiger partial charge in [0.2, 0.25) is 11.8 Å². The molecule has 0 rings (SSSR count). The molecule has 0 spiro atoms. The summed E-state index contributed by atoms with van der Waals surface area (Å²) in [7, 11) is 0. The van der Waals surface area contributed by atoms with Crippen molar-refractivity contribution in [1.82, 2.24) is 10.6 Å². The number of hydrogen-bond acceptors (Lipinski definition) is 6. The zero-order valence-corrected chi connectivity index (χ0v) is 37.2. The van der Waals surface area contributed by atoms with E-state index in [9.17, 15) is 19.2 Å². The van der Waals surface area contributed by atoms with E-state index in [2.05, 4.69) is 97.4 Å². The third kappa shape index (κ3) is 40.8. The van der Waals surface area contributed by atoms with Crippen molar-refractivity contribution >= 4 is 23.8 Å². The Bertz CT molecular complexity index is 1220. The first-order chi connectivity index (χ1) is 28.8. The van der Waals surface area contributed by atoms with Crippen molar-refractivity contribution in [2.45, 2.75) is 206 Å². The molecule has 2 amide bonds. The van der Waals surface area contributed by atoms with Crippen LogP contribution in [0.1, 0.15) is 194 Å². The second-order valence-corrected chi connectivity index (χ2v) is 15.5. The van der Waals surface area contributed by atoms with Crippen LogP contribution in [0.2, 0.25) is 0 Å². The molecule has 0 radical (unpaired) electrons. The molecule has 0 fully saturated rings. The number of amides is 2. The molecule has 0 saturated carbocycles. The summed E-state index contributed by atoms with van der Waals surface area (Å²) in [5.74, 6) is -2.33. The number of carboxylic acids is 1. The highest BCUT2D eigenvalue weighted by Crippen LogP contribution is 2.18. The topological polar surface area (TPSA) is 142 Å². The zero-order valence-electron chi connectivity index (χ0n) is 37.2. The number of unbranched alkanes of at least 4 members (excludes halogenated alkanes) is 15. The van der Waals surface area contributed by atoms with Crippen LogP contribution >= 0.6 is 0 Å². The largest absolute Gasteiger partial charge is 0.480 e. The highest BCUT2D eigenvalue weighted by Gasteiger charge is 2.19. The molecule has 336 valence electrons. The SMILES string of the molecule is CC/C=C\C/C=C\C/C=C\C/C=C\C/C=C\C/C=C\CCCCCCC(=O)OC(CCCCCCCCCC)CCCCCCCC(=O)NCC(=O)NC(CO)C(=O)O. The second-order valence-electron chi connectivity index (χ2n) is 15.5. The number of rotatable bonds is 41. The molecule has 2 atom stereocenters. The lowest BCUT2D eigenvalue weighted by molar-refractivity contribution is -0.150. The number of aliphatic hydroxyl groups is 1. The molecule has 0 heterocycles. The van der Waals surface area contributed by atoms with E-state index in [1.807, 2.05) is 0 Å². The van der Waals surface area contributed by atoms with Gasteiger partial charge in [0.25, 0.3) is 0 Å². The first-order valence-corrected chi connectivity index (χ1v) is 23.3. The number of hydrogen-bond donors (Lipinski definition) is 4. The number of carboxylic acid groups (broad SMARTS) is 1. The summed E-state index contributed by atoms with van der Waals surface area (Å²) in [6.45, 7) is 3.35. The minimum atomic E-state index is -1.39. The Morgan fingerprint density at radius 2 is 0.966 bits per heavy atom. The number of carbonyl (C=O) groups excluding carboxylic acids is 3. The van der Waals surface area contributed by atoms with Gasteiger partial charge in [0.1, 0.15) is 12.1 Å². The Hall–Kier alpha value is -3.72. The molecule has 0 aromatic carbocycles. The lowest BCUT2D eigenvalue weighted by Crippen LogP contribution is -2.47. The number of esters is 1.